The minimum atomic E-state index is -1.33. The van der Waals surface area contributed by atoms with Gasteiger partial charge in [-0.25, -0.2) is 4.79 Å². The van der Waals surface area contributed by atoms with Crippen molar-refractivity contribution >= 4 is 35.0 Å². The number of cyclic esters (lactones) is 1. The van der Waals surface area contributed by atoms with E-state index in [-0.39, 0.29) is 93.4 Å². The number of nitrogens with zero attached hydrogens (tertiary/aromatic N) is 1. The highest BCUT2D eigenvalue weighted by molar-refractivity contribution is 6.63. The lowest BCUT2D eigenvalue weighted by atomic mass is 9.78. The molecule has 1 saturated carbocycles. The van der Waals surface area contributed by atoms with Crippen molar-refractivity contribution in [2.75, 3.05) is 41.1 Å². The van der Waals surface area contributed by atoms with Crippen molar-refractivity contribution in [1.82, 2.24) is 4.90 Å². The summed E-state index contributed by atoms with van der Waals surface area (Å²) in [6.45, 7) is 12.6. The maximum Gasteiger partial charge on any atom is 0.329 e. The lowest BCUT2D eigenvalue weighted by Gasteiger charge is -2.38. The van der Waals surface area contributed by atoms with E-state index in [0.717, 1.165) is 16.9 Å². The smallest absolute Gasteiger partial charge is 0.329 e. The van der Waals surface area contributed by atoms with Crippen LogP contribution in [0.1, 0.15) is 126 Å². The van der Waals surface area contributed by atoms with Crippen molar-refractivity contribution in [1.29, 1.82) is 0 Å². The number of hydrogen-bond acceptors (Lipinski definition) is 14. The van der Waals surface area contributed by atoms with Crippen LogP contribution in [-0.4, -0.2) is 145 Å². The summed E-state index contributed by atoms with van der Waals surface area (Å²) in [7, 11) is 4.53. The van der Waals surface area contributed by atoms with E-state index in [1.54, 1.807) is 48.0 Å². The first-order valence-electron chi connectivity index (χ1n) is 24.8. The van der Waals surface area contributed by atoms with Gasteiger partial charge in [0.1, 0.15) is 30.1 Å². The monoisotopic (exact) mass is 958 g/mol. The van der Waals surface area contributed by atoms with Gasteiger partial charge in [-0.05, 0) is 107 Å². The first-order valence-corrected chi connectivity index (χ1v) is 24.8. The topological polar surface area (TPSA) is 212 Å². The Hall–Kier alpha value is -3.70. The van der Waals surface area contributed by atoms with Crippen LogP contribution in [0.5, 0.6) is 0 Å². The molecule has 15 heteroatoms. The van der Waals surface area contributed by atoms with Crippen LogP contribution in [0.4, 0.5) is 0 Å². The summed E-state index contributed by atoms with van der Waals surface area (Å²) in [5.41, 5.74) is 1.23. The van der Waals surface area contributed by atoms with Crippen molar-refractivity contribution in [3.05, 3.63) is 47.6 Å². The van der Waals surface area contributed by atoms with E-state index in [9.17, 15) is 44.1 Å². The molecule has 2 heterocycles. The Balaban J connectivity index is 1.98. The molecule has 3 aliphatic rings. The van der Waals surface area contributed by atoms with E-state index in [4.69, 9.17) is 23.7 Å². The second-order valence-electron chi connectivity index (χ2n) is 19.7. The zero-order valence-corrected chi connectivity index (χ0v) is 42.4. The normalized spacial score (nSPS) is 35.8. The Morgan fingerprint density at radius 2 is 1.51 bits per heavy atom. The Kier molecular flexibility index (Phi) is 25.4. The van der Waals surface area contributed by atoms with Crippen molar-refractivity contribution in [3.63, 3.8) is 0 Å². The standard InChI is InChI=1S/C53H83NO14/c1-32-16-12-11-13-17-33(2)44(64-8)30-40(56)21-19-34(3)47(58)50(61)52(62)54-23-15-14-18-41(54)53(63)68-45(36(5)28-39-20-22-43(67-25-24-55)46(29-39)65-9)31-42(57)35(4)27-38(7)49(60)51(66-10)48(59)37(6)26-32/h11-13,16-17,27,32,34-37,39-41,43-46,49,51,55-56,60H,14-15,18-26,28-31H2,1-10H3/b13-11+,16-12+,33-17?,38-27+/t32-,34-,35-,36-,37-,39+,40+,41+,43-,44+,45+,46-,49-,51+/m1/s1. The maximum absolute atomic E-state index is 14.3. The lowest BCUT2D eigenvalue weighted by molar-refractivity contribution is -0.166. The number of ketones is 4. The highest BCUT2D eigenvalue weighted by Crippen LogP contribution is 2.35. The minimum Gasteiger partial charge on any atom is -0.460 e. The Morgan fingerprint density at radius 3 is 2.18 bits per heavy atom. The molecule has 0 aromatic heterocycles. The highest BCUT2D eigenvalue weighted by atomic mass is 16.5. The Bertz CT molecular complexity index is 1790. The molecule has 1 saturated heterocycles. The molecule has 0 unspecified atom stereocenters. The largest absolute Gasteiger partial charge is 0.460 e. The number of amides is 1. The third-order valence-corrected chi connectivity index (χ3v) is 14.2. The number of carbonyl (C=O) groups is 6. The van der Waals surface area contributed by atoms with Crippen molar-refractivity contribution in [2.24, 2.45) is 35.5 Å². The van der Waals surface area contributed by atoms with Crippen LogP contribution >= 0.6 is 0 Å². The Morgan fingerprint density at radius 1 is 0.794 bits per heavy atom. The zero-order valence-electron chi connectivity index (χ0n) is 42.4. The van der Waals surface area contributed by atoms with Crippen LogP contribution in [0.2, 0.25) is 0 Å². The lowest BCUT2D eigenvalue weighted by Crippen LogP contribution is -2.53. The highest BCUT2D eigenvalue weighted by Gasteiger charge is 2.42. The summed E-state index contributed by atoms with van der Waals surface area (Å²) in [5.74, 6) is -6.85. The number of carbonyl (C=O) groups excluding carboxylic acids is 6. The summed E-state index contributed by atoms with van der Waals surface area (Å²) in [6, 6.07) is -1.16. The average Bonchev–Trinajstić information content (AvgIpc) is 3.32. The fraction of sp³-hybridized carbons (Fsp3) is 0.736. The molecule has 3 rings (SSSR count). The molecule has 0 aromatic rings. The molecule has 384 valence electrons. The molecule has 1 amide bonds. The molecular weight excluding hydrogens is 875 g/mol. The Labute approximate surface area is 405 Å². The van der Waals surface area contributed by atoms with Gasteiger partial charge < -0.3 is 43.9 Å². The number of methoxy groups -OCH3 is 3. The molecule has 2 fully saturated rings. The van der Waals surface area contributed by atoms with E-state index in [1.807, 2.05) is 51.2 Å². The van der Waals surface area contributed by atoms with Gasteiger partial charge in [0.25, 0.3) is 11.7 Å². The summed E-state index contributed by atoms with van der Waals surface area (Å²) in [5, 5.41) is 31.7. The third-order valence-electron chi connectivity index (χ3n) is 14.2. The van der Waals surface area contributed by atoms with Crippen LogP contribution in [0.15, 0.2) is 47.6 Å². The van der Waals surface area contributed by atoms with E-state index in [1.165, 1.54) is 7.11 Å². The quantitative estimate of drug-likeness (QED) is 0.137. The zero-order chi connectivity index (χ0) is 50.7. The van der Waals surface area contributed by atoms with Gasteiger partial charge in [-0.3, -0.25) is 24.0 Å². The number of esters is 1. The number of hydrogen-bond donors (Lipinski definition) is 3. The van der Waals surface area contributed by atoms with Crippen LogP contribution in [0, 0.1) is 35.5 Å². The maximum atomic E-state index is 14.3. The molecule has 0 spiro atoms. The summed E-state index contributed by atoms with van der Waals surface area (Å²) >= 11 is 0. The van der Waals surface area contributed by atoms with Gasteiger partial charge in [-0.15, -0.1) is 0 Å². The van der Waals surface area contributed by atoms with Crippen LogP contribution in [-0.2, 0) is 52.5 Å². The van der Waals surface area contributed by atoms with Crippen LogP contribution in [0.25, 0.3) is 0 Å². The number of fused-ring (bicyclic) bond motifs is 1. The van der Waals surface area contributed by atoms with Gasteiger partial charge in [-0.1, -0.05) is 71.1 Å². The number of allylic oxidation sites excluding steroid dienone is 6. The average molecular weight is 958 g/mol. The molecule has 15 nitrogen and oxygen atoms in total. The predicted octanol–water partition coefficient (Wildman–Crippen LogP) is 6.04. The van der Waals surface area contributed by atoms with Gasteiger partial charge in [0, 0.05) is 58.5 Å². The fourth-order valence-corrected chi connectivity index (χ4v) is 9.87. The predicted molar refractivity (Wildman–Crippen MR) is 257 cm³/mol. The second kappa shape index (κ2) is 29.5. The molecule has 68 heavy (non-hydrogen) atoms. The molecule has 14 atom stereocenters. The number of aliphatic hydroxyl groups excluding tert-OH is 3. The third kappa shape index (κ3) is 17.6. The molecule has 2 aliphatic heterocycles. The van der Waals surface area contributed by atoms with Crippen molar-refractivity contribution in [2.45, 2.75) is 174 Å². The summed E-state index contributed by atoms with van der Waals surface area (Å²) in [4.78, 5) is 84.1. The van der Waals surface area contributed by atoms with Gasteiger partial charge in [0.2, 0.25) is 5.78 Å². The number of rotatable bonds is 9. The minimum absolute atomic E-state index is 0.00903. The second-order valence-corrected chi connectivity index (χ2v) is 19.7. The summed E-state index contributed by atoms with van der Waals surface area (Å²) in [6.07, 6.45) is 10.7. The first kappa shape index (κ1) is 58.6. The fourth-order valence-electron chi connectivity index (χ4n) is 9.87. The van der Waals surface area contributed by atoms with Gasteiger partial charge in [0.05, 0.1) is 37.6 Å². The number of piperidine rings is 1. The molecule has 3 N–H and O–H groups in total. The number of ether oxygens (including phenoxy) is 5. The van der Waals surface area contributed by atoms with E-state index in [0.29, 0.717) is 44.1 Å². The van der Waals surface area contributed by atoms with Crippen LogP contribution in [0.3, 0.4) is 0 Å². The molecule has 1 aliphatic carbocycles. The van der Waals surface area contributed by atoms with E-state index >= 15 is 0 Å². The van der Waals surface area contributed by atoms with Crippen molar-refractivity contribution in [3.8, 4) is 0 Å². The molecule has 0 aromatic carbocycles. The van der Waals surface area contributed by atoms with E-state index in [2.05, 4.69) is 0 Å². The van der Waals surface area contributed by atoms with Crippen molar-refractivity contribution < 1.29 is 67.8 Å². The molecule has 0 bridgehead atoms. The molecular formula is C53H83NO14. The first-order chi connectivity index (χ1) is 32.3. The SMILES string of the molecule is CO[C@H]1C[C@@H](O)CC[C@@H](C)C(=O)C(=O)C(=O)N2CCCC[C@H]2C(=O)O[C@H]([C@H](C)C[C@@H]2CC[C@@H](OCCO)[C@H](OC)C2)CC(=O)[C@H](C)/C=C(\C)[C@@H](O)[C@@H](OC)C(=O)[C@H](C)C[C@H](C)/C=C/C=C/C=C1C. The van der Waals surface area contributed by atoms with E-state index < -0.39 is 77.8 Å². The van der Waals surface area contributed by atoms with Gasteiger partial charge >= 0.3 is 5.97 Å². The van der Waals surface area contributed by atoms with Gasteiger partial charge in [0.15, 0.2) is 5.78 Å². The number of aliphatic hydroxyl groups is 3. The van der Waals surface area contributed by atoms with Crippen LogP contribution < -0.4 is 0 Å². The van der Waals surface area contributed by atoms with Gasteiger partial charge in [-0.2, -0.15) is 0 Å². The molecule has 0 radical (unpaired) electrons. The number of Topliss-reactive ketones (excluding diaryl/α,β-unsaturated/α-hetero) is 4. The summed E-state index contributed by atoms with van der Waals surface area (Å²) < 4.78 is 29.1.